The number of nitrogens with zero attached hydrogens (tertiary/aromatic N) is 4. The Bertz CT molecular complexity index is 1530. The number of hydrogen-bond acceptors (Lipinski definition) is 8. The predicted octanol–water partition coefficient (Wildman–Crippen LogP) is 5.06. The molecular weight excluding hydrogens is 525 g/mol. The van der Waals surface area contributed by atoms with Gasteiger partial charge in [-0.05, 0) is 74.9 Å². The smallest absolute Gasteiger partial charge is 0.317 e. The summed E-state index contributed by atoms with van der Waals surface area (Å²) in [6.07, 6.45) is -2.82. The van der Waals surface area contributed by atoms with E-state index in [0.717, 1.165) is 0 Å². The molecule has 0 amide bonds. The molecule has 0 saturated carbocycles. The molecule has 0 fully saturated rings. The quantitative estimate of drug-likeness (QED) is 0.247. The lowest BCUT2D eigenvalue weighted by atomic mass is 9.99. The van der Waals surface area contributed by atoms with E-state index < -0.39 is 29.4 Å². The molecule has 1 aromatic carbocycles. The number of rotatable bonds is 10. The average molecular weight is 553 g/mol. The maximum Gasteiger partial charge on any atom is 0.317 e. The van der Waals surface area contributed by atoms with Crippen LogP contribution in [0.15, 0.2) is 54.6 Å². The largest absolute Gasteiger partial charge is 0.480 e. The molecule has 0 saturated heterocycles. The van der Waals surface area contributed by atoms with Crippen LogP contribution in [-0.2, 0) is 16.9 Å². The summed E-state index contributed by atoms with van der Waals surface area (Å²) in [5.41, 5.74) is 7.54. The number of benzene rings is 1. The fraction of sp³-hybridized carbons (Fsp3) is 0.250. The van der Waals surface area contributed by atoms with Gasteiger partial charge in [-0.3, -0.25) is 20.1 Å². The van der Waals surface area contributed by atoms with Gasteiger partial charge < -0.3 is 15.6 Å². The third-order valence-electron chi connectivity index (χ3n) is 5.98. The van der Waals surface area contributed by atoms with Gasteiger partial charge in [0, 0.05) is 11.3 Å². The van der Waals surface area contributed by atoms with Crippen LogP contribution in [0, 0.1) is 12.7 Å². The minimum Gasteiger partial charge on any atom is -0.480 e. The van der Waals surface area contributed by atoms with Crippen molar-refractivity contribution in [3.63, 3.8) is 0 Å². The molecule has 4 rings (SSSR count). The summed E-state index contributed by atoms with van der Waals surface area (Å²) in [6, 6.07) is 13.5. The number of halogens is 3. The number of carboxylic acids is 1. The number of nitrogens with one attached hydrogen (secondary N) is 1. The summed E-state index contributed by atoms with van der Waals surface area (Å²) in [6.45, 7) is 4.85. The van der Waals surface area contributed by atoms with Crippen LogP contribution in [0.4, 0.5) is 19.1 Å². The molecule has 12 heteroatoms. The number of aliphatic carboxylic acids is 1. The van der Waals surface area contributed by atoms with E-state index in [0.29, 0.717) is 28.2 Å². The zero-order valence-corrected chi connectivity index (χ0v) is 22.0. The molecule has 208 valence electrons. The highest BCUT2D eigenvalue weighted by Gasteiger charge is 2.24. The van der Waals surface area contributed by atoms with Crippen molar-refractivity contribution in [1.82, 2.24) is 25.3 Å². The molecule has 0 aliphatic heterocycles. The van der Waals surface area contributed by atoms with Crippen molar-refractivity contribution < 1.29 is 27.8 Å². The number of nitrogen functional groups attached to an aromatic ring is 1. The Labute approximate surface area is 228 Å². The maximum absolute atomic E-state index is 13.7. The molecule has 0 bridgehead atoms. The second-order valence-corrected chi connectivity index (χ2v) is 9.52. The summed E-state index contributed by atoms with van der Waals surface area (Å²) in [4.78, 5) is 28.1. The summed E-state index contributed by atoms with van der Waals surface area (Å²) in [5, 5.41) is 12.0. The number of hydrogen-bond donors (Lipinski definition) is 3. The van der Waals surface area contributed by atoms with Gasteiger partial charge in [0.15, 0.2) is 0 Å². The molecule has 0 radical (unpaired) electrons. The van der Waals surface area contributed by atoms with Gasteiger partial charge in [-0.2, -0.15) is 4.98 Å². The van der Waals surface area contributed by atoms with Crippen molar-refractivity contribution in [2.24, 2.45) is 0 Å². The predicted molar refractivity (Wildman–Crippen MR) is 142 cm³/mol. The number of pyridine rings is 2. The fourth-order valence-electron chi connectivity index (χ4n) is 4.03. The Morgan fingerprint density at radius 1 is 1.05 bits per heavy atom. The van der Waals surface area contributed by atoms with Crippen LogP contribution in [0.3, 0.4) is 0 Å². The first kappa shape index (κ1) is 28.4. The zero-order valence-electron chi connectivity index (χ0n) is 22.0. The minimum absolute atomic E-state index is 0.00751. The van der Waals surface area contributed by atoms with Gasteiger partial charge in [-0.15, -0.1) is 0 Å². The SMILES string of the molecule is Cc1cc(-c2c(OCc3cccc(C(C)(C)NCC(=O)O)n3)nc(N)nc2-c2ccc(F)cc2)cc(C(F)F)n1. The van der Waals surface area contributed by atoms with Crippen LogP contribution in [0.1, 0.15) is 43.0 Å². The summed E-state index contributed by atoms with van der Waals surface area (Å²) >= 11 is 0. The number of ether oxygens (including phenoxy) is 1. The second-order valence-electron chi connectivity index (χ2n) is 9.52. The first-order valence-corrected chi connectivity index (χ1v) is 12.2. The Morgan fingerprint density at radius 3 is 2.45 bits per heavy atom. The van der Waals surface area contributed by atoms with Gasteiger partial charge in [-0.25, -0.2) is 18.2 Å². The number of carboxylic acid groups (broad SMARTS) is 1. The molecule has 0 atom stereocenters. The van der Waals surface area contributed by atoms with E-state index in [1.807, 2.05) is 0 Å². The number of aromatic nitrogens is 4. The average Bonchev–Trinajstić information content (AvgIpc) is 2.90. The van der Waals surface area contributed by atoms with Gasteiger partial charge in [0.2, 0.25) is 11.8 Å². The van der Waals surface area contributed by atoms with Crippen LogP contribution < -0.4 is 15.8 Å². The number of carbonyl (C=O) groups is 1. The molecule has 0 unspecified atom stereocenters. The molecule has 40 heavy (non-hydrogen) atoms. The van der Waals surface area contributed by atoms with Crippen LogP contribution in [0.5, 0.6) is 5.88 Å². The van der Waals surface area contributed by atoms with Crippen molar-refractivity contribution in [3.8, 4) is 28.3 Å². The van der Waals surface area contributed by atoms with E-state index in [4.69, 9.17) is 15.6 Å². The topological polar surface area (TPSA) is 136 Å². The number of aryl methyl sites for hydroxylation is 1. The van der Waals surface area contributed by atoms with Gasteiger partial charge in [0.05, 0.1) is 34.7 Å². The van der Waals surface area contributed by atoms with Crippen molar-refractivity contribution in [2.45, 2.75) is 39.3 Å². The van der Waals surface area contributed by atoms with E-state index in [1.54, 1.807) is 45.0 Å². The standard InChI is InChI=1S/C28H27F3N6O3/c1-15-11-17(12-20(34-15)25(30)31)23-24(16-7-9-18(29)10-8-16)36-27(32)37-26(23)40-14-19-5-4-6-21(35-19)28(2,3)33-13-22(38)39/h4-12,25,33H,13-14H2,1-3H3,(H,38,39)(H2,32,36,37). The van der Waals surface area contributed by atoms with Crippen LogP contribution in [-0.4, -0.2) is 37.6 Å². The number of anilines is 1. The summed E-state index contributed by atoms with van der Waals surface area (Å²) in [5.74, 6) is -1.60. The van der Waals surface area contributed by atoms with Crippen LogP contribution in [0.25, 0.3) is 22.4 Å². The summed E-state index contributed by atoms with van der Waals surface area (Å²) in [7, 11) is 0. The Kier molecular flexibility index (Phi) is 8.29. The molecule has 9 nitrogen and oxygen atoms in total. The molecule has 0 spiro atoms. The molecule has 3 heterocycles. The lowest BCUT2D eigenvalue weighted by Gasteiger charge is -2.25. The van der Waals surface area contributed by atoms with Crippen molar-refractivity contribution in [1.29, 1.82) is 0 Å². The first-order valence-electron chi connectivity index (χ1n) is 12.2. The molecule has 0 aliphatic carbocycles. The van der Waals surface area contributed by atoms with Gasteiger partial charge in [-0.1, -0.05) is 6.07 Å². The molecular formula is C28H27F3N6O3. The van der Waals surface area contributed by atoms with Crippen molar-refractivity contribution >= 4 is 11.9 Å². The maximum atomic E-state index is 13.7. The molecule has 4 N–H and O–H groups in total. The van der Waals surface area contributed by atoms with E-state index in [2.05, 4.69) is 25.3 Å². The van der Waals surface area contributed by atoms with Gasteiger partial charge in [0.1, 0.15) is 18.1 Å². The van der Waals surface area contributed by atoms with Crippen molar-refractivity contribution in [2.75, 3.05) is 12.3 Å². The van der Waals surface area contributed by atoms with E-state index in [9.17, 15) is 18.0 Å². The van der Waals surface area contributed by atoms with Crippen LogP contribution >= 0.6 is 0 Å². The highest BCUT2D eigenvalue weighted by molar-refractivity contribution is 5.85. The molecule has 3 aromatic heterocycles. The third-order valence-corrected chi connectivity index (χ3v) is 5.98. The van der Waals surface area contributed by atoms with E-state index in [1.165, 1.54) is 30.3 Å². The number of nitrogens with two attached hydrogens (primary N) is 1. The van der Waals surface area contributed by atoms with Gasteiger partial charge in [0.25, 0.3) is 6.43 Å². The number of alkyl halides is 2. The fourth-order valence-corrected chi connectivity index (χ4v) is 4.03. The summed E-state index contributed by atoms with van der Waals surface area (Å²) < 4.78 is 47.0. The highest BCUT2D eigenvalue weighted by atomic mass is 19.3. The molecule has 4 aromatic rings. The Hall–Kier alpha value is -4.58. The lowest BCUT2D eigenvalue weighted by molar-refractivity contribution is -0.136. The van der Waals surface area contributed by atoms with E-state index >= 15 is 0 Å². The highest BCUT2D eigenvalue weighted by Crippen LogP contribution is 2.39. The van der Waals surface area contributed by atoms with Crippen LogP contribution in [0.2, 0.25) is 0 Å². The second kappa shape index (κ2) is 11.7. The van der Waals surface area contributed by atoms with Gasteiger partial charge >= 0.3 is 5.97 Å². The Balaban J connectivity index is 1.77. The Morgan fingerprint density at radius 2 is 1.77 bits per heavy atom. The third kappa shape index (κ3) is 6.70. The first-order chi connectivity index (χ1) is 18.9. The molecule has 0 aliphatic rings. The minimum atomic E-state index is -2.82. The zero-order chi connectivity index (χ0) is 29.0. The lowest BCUT2D eigenvalue weighted by Crippen LogP contribution is -2.40. The monoisotopic (exact) mass is 552 g/mol. The van der Waals surface area contributed by atoms with E-state index in [-0.39, 0.29) is 36.2 Å². The van der Waals surface area contributed by atoms with Crippen molar-refractivity contribution in [3.05, 3.63) is 83.2 Å². The normalized spacial score (nSPS) is 11.6.